The van der Waals surface area contributed by atoms with Gasteiger partial charge < -0.3 is 15.3 Å². The molecular weight excluding hydrogens is 260 g/mol. The smallest absolute Gasteiger partial charge is 0.115 e. The van der Waals surface area contributed by atoms with Crippen molar-refractivity contribution < 1.29 is 5.11 Å². The first-order valence-corrected chi connectivity index (χ1v) is 8.49. The van der Waals surface area contributed by atoms with Crippen LogP contribution in [-0.2, 0) is 6.42 Å². The number of phenols is 1. The van der Waals surface area contributed by atoms with Crippen LogP contribution in [0.15, 0.2) is 24.3 Å². The summed E-state index contributed by atoms with van der Waals surface area (Å²) in [5, 5.41) is 13.1. The number of likely N-dealkylation sites (tertiary alicyclic amines) is 1. The van der Waals surface area contributed by atoms with Gasteiger partial charge in [-0.2, -0.15) is 0 Å². The lowest BCUT2D eigenvalue weighted by Crippen LogP contribution is -2.46. The summed E-state index contributed by atoms with van der Waals surface area (Å²) in [6.45, 7) is 4.87. The van der Waals surface area contributed by atoms with Crippen molar-refractivity contribution in [3.05, 3.63) is 29.8 Å². The summed E-state index contributed by atoms with van der Waals surface area (Å²) in [6, 6.07) is 9.80. The maximum absolute atomic E-state index is 9.30. The molecule has 1 unspecified atom stereocenters. The largest absolute Gasteiger partial charge is 0.508 e. The molecule has 0 amide bonds. The van der Waals surface area contributed by atoms with Crippen molar-refractivity contribution in [2.75, 3.05) is 13.1 Å². The molecule has 3 rings (SSSR count). The molecule has 1 aromatic rings. The zero-order valence-corrected chi connectivity index (χ0v) is 13.1. The van der Waals surface area contributed by atoms with Crippen LogP contribution < -0.4 is 5.32 Å². The summed E-state index contributed by atoms with van der Waals surface area (Å²) in [7, 11) is 0. The fraction of sp³-hybridized carbons (Fsp3) is 0.667. The third-order valence-electron chi connectivity index (χ3n) is 4.92. The normalized spacial score (nSPS) is 22.3. The number of phenolic OH excluding ortho intramolecular Hbond substituents is 1. The van der Waals surface area contributed by atoms with E-state index in [4.69, 9.17) is 0 Å². The Morgan fingerprint density at radius 2 is 1.81 bits per heavy atom. The standard InChI is InChI=1S/C18H28N2O/c1-14(2-3-15-4-8-18(21)9-5-15)19-16-10-12-20(13-11-16)17-6-7-17/h4-5,8-9,14,16-17,19,21H,2-3,6-7,10-13H2,1H3. The Morgan fingerprint density at radius 3 is 2.43 bits per heavy atom. The minimum atomic E-state index is 0.354. The first-order valence-electron chi connectivity index (χ1n) is 8.49. The Hall–Kier alpha value is -1.06. The zero-order chi connectivity index (χ0) is 14.7. The molecule has 0 aromatic heterocycles. The van der Waals surface area contributed by atoms with Crippen molar-refractivity contribution >= 4 is 0 Å². The zero-order valence-electron chi connectivity index (χ0n) is 13.1. The van der Waals surface area contributed by atoms with Gasteiger partial charge >= 0.3 is 0 Å². The number of nitrogens with zero attached hydrogens (tertiary/aromatic N) is 1. The van der Waals surface area contributed by atoms with E-state index in [0.717, 1.165) is 18.9 Å². The van der Waals surface area contributed by atoms with E-state index in [1.54, 1.807) is 12.1 Å². The second-order valence-corrected chi connectivity index (χ2v) is 6.81. The number of rotatable bonds is 6. The molecule has 2 N–H and O–H groups in total. The Morgan fingerprint density at radius 1 is 1.14 bits per heavy atom. The summed E-state index contributed by atoms with van der Waals surface area (Å²) in [4.78, 5) is 2.68. The monoisotopic (exact) mass is 288 g/mol. The number of benzene rings is 1. The van der Waals surface area contributed by atoms with Crippen LogP contribution in [0.2, 0.25) is 0 Å². The van der Waals surface area contributed by atoms with Crippen molar-refractivity contribution in [2.45, 2.75) is 63.6 Å². The minimum absolute atomic E-state index is 0.354. The maximum atomic E-state index is 9.30. The maximum Gasteiger partial charge on any atom is 0.115 e. The number of nitrogens with one attached hydrogen (secondary N) is 1. The van der Waals surface area contributed by atoms with E-state index in [-0.39, 0.29) is 0 Å². The van der Waals surface area contributed by atoms with Gasteiger partial charge in [0.25, 0.3) is 0 Å². The second kappa shape index (κ2) is 6.80. The van der Waals surface area contributed by atoms with Gasteiger partial charge in [-0.05, 0) is 76.2 Å². The molecule has 0 spiro atoms. The van der Waals surface area contributed by atoms with Crippen molar-refractivity contribution in [3.63, 3.8) is 0 Å². The van der Waals surface area contributed by atoms with Gasteiger partial charge in [-0.3, -0.25) is 0 Å². The number of hydrogen-bond donors (Lipinski definition) is 2. The Kier molecular flexibility index (Phi) is 4.81. The lowest BCUT2D eigenvalue weighted by molar-refractivity contribution is 0.183. The molecule has 3 heteroatoms. The van der Waals surface area contributed by atoms with Crippen molar-refractivity contribution in [1.82, 2.24) is 10.2 Å². The van der Waals surface area contributed by atoms with Gasteiger partial charge in [0.1, 0.15) is 5.75 Å². The molecule has 1 saturated heterocycles. The van der Waals surface area contributed by atoms with Crippen LogP contribution in [-0.4, -0.2) is 41.2 Å². The van der Waals surface area contributed by atoms with Gasteiger partial charge in [-0.25, -0.2) is 0 Å². The predicted molar refractivity (Wildman–Crippen MR) is 86.6 cm³/mol. The van der Waals surface area contributed by atoms with E-state index in [1.165, 1.54) is 44.3 Å². The van der Waals surface area contributed by atoms with Crippen LogP contribution in [0.25, 0.3) is 0 Å². The van der Waals surface area contributed by atoms with E-state index in [2.05, 4.69) is 17.1 Å². The Labute approximate surface area is 128 Å². The topological polar surface area (TPSA) is 35.5 Å². The minimum Gasteiger partial charge on any atom is -0.508 e. The molecule has 1 heterocycles. The summed E-state index contributed by atoms with van der Waals surface area (Å²) in [6.07, 6.45) is 7.71. The van der Waals surface area contributed by atoms with E-state index in [9.17, 15) is 5.11 Å². The third-order valence-corrected chi connectivity index (χ3v) is 4.92. The van der Waals surface area contributed by atoms with Gasteiger partial charge in [-0.15, -0.1) is 0 Å². The molecule has 0 radical (unpaired) electrons. The van der Waals surface area contributed by atoms with Crippen LogP contribution >= 0.6 is 0 Å². The average molecular weight is 288 g/mol. The molecule has 21 heavy (non-hydrogen) atoms. The van der Waals surface area contributed by atoms with Crippen molar-refractivity contribution in [2.24, 2.45) is 0 Å². The summed E-state index contributed by atoms with van der Waals surface area (Å²) in [5.41, 5.74) is 1.31. The van der Waals surface area contributed by atoms with Gasteiger partial charge in [-0.1, -0.05) is 12.1 Å². The molecule has 1 atom stereocenters. The lowest BCUT2D eigenvalue weighted by atomic mass is 10.0. The molecule has 116 valence electrons. The summed E-state index contributed by atoms with van der Waals surface area (Å²) in [5.74, 6) is 0.354. The number of hydrogen-bond acceptors (Lipinski definition) is 3. The average Bonchev–Trinajstić information content (AvgIpc) is 3.32. The highest BCUT2D eigenvalue weighted by Gasteiger charge is 2.31. The van der Waals surface area contributed by atoms with Crippen molar-refractivity contribution in [1.29, 1.82) is 0 Å². The van der Waals surface area contributed by atoms with Crippen LogP contribution in [0, 0.1) is 0 Å². The molecular formula is C18H28N2O. The number of aryl methyl sites for hydroxylation is 1. The molecule has 1 aliphatic carbocycles. The Bertz CT molecular complexity index is 433. The molecule has 2 aliphatic rings. The number of aromatic hydroxyl groups is 1. The summed E-state index contributed by atoms with van der Waals surface area (Å²) < 4.78 is 0. The highest BCUT2D eigenvalue weighted by Crippen LogP contribution is 2.29. The fourth-order valence-corrected chi connectivity index (χ4v) is 3.40. The van der Waals surface area contributed by atoms with Crippen molar-refractivity contribution in [3.8, 4) is 5.75 Å². The van der Waals surface area contributed by atoms with E-state index >= 15 is 0 Å². The highest BCUT2D eigenvalue weighted by molar-refractivity contribution is 5.25. The lowest BCUT2D eigenvalue weighted by Gasteiger charge is -2.34. The highest BCUT2D eigenvalue weighted by atomic mass is 16.3. The number of piperidine rings is 1. The first-order chi connectivity index (χ1) is 10.2. The first kappa shape index (κ1) is 14.9. The van der Waals surface area contributed by atoms with Crippen LogP contribution in [0.3, 0.4) is 0 Å². The van der Waals surface area contributed by atoms with E-state index in [0.29, 0.717) is 17.8 Å². The summed E-state index contributed by atoms with van der Waals surface area (Å²) >= 11 is 0. The van der Waals surface area contributed by atoms with E-state index < -0.39 is 0 Å². The molecule has 1 saturated carbocycles. The third kappa shape index (κ3) is 4.45. The molecule has 1 aromatic carbocycles. The van der Waals surface area contributed by atoms with Crippen LogP contribution in [0.1, 0.15) is 44.6 Å². The molecule has 2 fully saturated rings. The molecule has 0 bridgehead atoms. The van der Waals surface area contributed by atoms with Crippen LogP contribution in [0.4, 0.5) is 0 Å². The fourth-order valence-electron chi connectivity index (χ4n) is 3.40. The SMILES string of the molecule is CC(CCc1ccc(O)cc1)NC1CCN(C2CC2)CC1. The van der Waals surface area contributed by atoms with Crippen LogP contribution in [0.5, 0.6) is 5.75 Å². The van der Waals surface area contributed by atoms with Gasteiger partial charge in [0, 0.05) is 18.1 Å². The molecule has 1 aliphatic heterocycles. The van der Waals surface area contributed by atoms with E-state index in [1.807, 2.05) is 12.1 Å². The second-order valence-electron chi connectivity index (χ2n) is 6.81. The Balaban J connectivity index is 1.36. The molecule has 3 nitrogen and oxygen atoms in total. The quantitative estimate of drug-likeness (QED) is 0.845. The van der Waals surface area contributed by atoms with Gasteiger partial charge in [0.2, 0.25) is 0 Å². The van der Waals surface area contributed by atoms with Gasteiger partial charge in [0.15, 0.2) is 0 Å². The predicted octanol–water partition coefficient (Wildman–Crippen LogP) is 2.93. The van der Waals surface area contributed by atoms with Gasteiger partial charge in [0.05, 0.1) is 0 Å².